The molecule has 128 valence electrons. The van der Waals surface area contributed by atoms with Crippen molar-refractivity contribution in [2.45, 2.75) is 26.8 Å². The van der Waals surface area contributed by atoms with Gasteiger partial charge in [-0.3, -0.25) is 9.89 Å². The Morgan fingerprint density at radius 1 is 1.42 bits per heavy atom. The highest BCUT2D eigenvalue weighted by Crippen LogP contribution is 2.24. The smallest absolute Gasteiger partial charge is 0.244 e. The topological polar surface area (TPSA) is 79.9 Å². The molecular weight excluding hydrogens is 328 g/mol. The summed E-state index contributed by atoms with van der Waals surface area (Å²) >= 11 is 5.99. The van der Waals surface area contributed by atoms with Crippen LogP contribution in [0, 0.1) is 12.8 Å². The van der Waals surface area contributed by atoms with E-state index in [-0.39, 0.29) is 17.9 Å². The van der Waals surface area contributed by atoms with Crippen LogP contribution in [0.1, 0.15) is 37.1 Å². The molecule has 0 aliphatic rings. The molecule has 0 aliphatic carbocycles. The lowest BCUT2D eigenvalue weighted by Gasteiger charge is -2.18. The minimum absolute atomic E-state index is 0.151. The van der Waals surface area contributed by atoms with Crippen molar-refractivity contribution in [1.82, 2.24) is 20.5 Å². The highest BCUT2D eigenvalue weighted by Gasteiger charge is 2.21. The van der Waals surface area contributed by atoms with E-state index in [2.05, 4.69) is 20.5 Å². The van der Waals surface area contributed by atoms with Gasteiger partial charge in [-0.15, -0.1) is 0 Å². The molecule has 0 radical (unpaired) electrons. The normalized spacial score (nSPS) is 12.6. The van der Waals surface area contributed by atoms with Crippen LogP contribution >= 0.6 is 11.6 Å². The first kappa shape index (κ1) is 18.0. The van der Waals surface area contributed by atoms with Gasteiger partial charge in [0.1, 0.15) is 11.6 Å². The number of methoxy groups -OCH3 is 1. The highest BCUT2D eigenvalue weighted by atomic mass is 35.5. The number of benzene rings is 1. The number of carbonyl (C=O) groups is 1. The van der Waals surface area contributed by atoms with Gasteiger partial charge in [0.25, 0.3) is 0 Å². The zero-order chi connectivity index (χ0) is 17.7. The first-order chi connectivity index (χ1) is 11.4. The Hall–Kier alpha value is -2.34. The van der Waals surface area contributed by atoms with Crippen LogP contribution in [-0.4, -0.2) is 28.2 Å². The fourth-order valence-electron chi connectivity index (χ4n) is 2.23. The molecule has 1 unspecified atom stereocenters. The predicted molar refractivity (Wildman–Crippen MR) is 93.9 cm³/mol. The Balaban J connectivity index is 2.12. The van der Waals surface area contributed by atoms with Crippen molar-refractivity contribution in [2.24, 2.45) is 5.92 Å². The van der Waals surface area contributed by atoms with Gasteiger partial charge >= 0.3 is 0 Å². The van der Waals surface area contributed by atoms with E-state index in [9.17, 15) is 4.79 Å². The number of halogens is 1. The first-order valence-corrected chi connectivity index (χ1v) is 7.99. The number of hydrogen-bond donors (Lipinski definition) is 2. The number of rotatable bonds is 6. The second-order valence-corrected chi connectivity index (χ2v) is 6.17. The van der Waals surface area contributed by atoms with Crippen LogP contribution in [-0.2, 0) is 4.79 Å². The van der Waals surface area contributed by atoms with Gasteiger partial charge < -0.3 is 10.1 Å². The van der Waals surface area contributed by atoms with Crippen molar-refractivity contribution >= 4 is 23.6 Å². The number of ether oxygens (including phenoxy) is 1. The molecule has 1 amide bonds. The van der Waals surface area contributed by atoms with E-state index >= 15 is 0 Å². The minimum atomic E-state index is -0.270. The molecule has 7 heteroatoms. The van der Waals surface area contributed by atoms with E-state index in [1.165, 1.54) is 6.08 Å². The molecule has 6 nitrogen and oxygen atoms in total. The third kappa shape index (κ3) is 4.58. The summed E-state index contributed by atoms with van der Waals surface area (Å²) in [6, 6.07) is 4.96. The molecule has 0 saturated heterocycles. The molecule has 1 aromatic carbocycles. The zero-order valence-electron chi connectivity index (χ0n) is 14.1. The molecule has 1 aromatic heterocycles. The van der Waals surface area contributed by atoms with Gasteiger partial charge in [0.2, 0.25) is 5.91 Å². The van der Waals surface area contributed by atoms with Gasteiger partial charge in [0.05, 0.1) is 13.2 Å². The van der Waals surface area contributed by atoms with Gasteiger partial charge in [-0.05, 0) is 37.1 Å². The second-order valence-electron chi connectivity index (χ2n) is 5.73. The number of aryl methyl sites for hydroxylation is 1. The second kappa shape index (κ2) is 7.97. The summed E-state index contributed by atoms with van der Waals surface area (Å²) in [6.45, 7) is 5.82. The molecule has 0 spiro atoms. The number of H-pyrrole nitrogens is 1. The fourth-order valence-corrected chi connectivity index (χ4v) is 2.41. The molecule has 1 heterocycles. The number of hydrogen-bond acceptors (Lipinski definition) is 4. The summed E-state index contributed by atoms with van der Waals surface area (Å²) in [5.74, 6) is 1.85. The average Bonchev–Trinajstić information content (AvgIpc) is 2.96. The zero-order valence-corrected chi connectivity index (χ0v) is 14.9. The third-order valence-corrected chi connectivity index (χ3v) is 3.70. The maximum Gasteiger partial charge on any atom is 0.244 e. The van der Waals surface area contributed by atoms with E-state index in [1.54, 1.807) is 31.4 Å². The lowest BCUT2D eigenvalue weighted by atomic mass is 10.0. The van der Waals surface area contributed by atoms with E-state index in [1.807, 2.05) is 20.8 Å². The first-order valence-electron chi connectivity index (χ1n) is 7.61. The van der Waals surface area contributed by atoms with Gasteiger partial charge in [-0.1, -0.05) is 25.4 Å². The Morgan fingerprint density at radius 3 is 2.75 bits per heavy atom. The van der Waals surface area contributed by atoms with E-state index in [0.29, 0.717) is 22.4 Å². The molecule has 0 fully saturated rings. The molecule has 0 bridgehead atoms. The van der Waals surface area contributed by atoms with Gasteiger partial charge in [0, 0.05) is 16.7 Å². The Labute approximate surface area is 146 Å². The Morgan fingerprint density at radius 2 is 2.17 bits per heavy atom. The van der Waals surface area contributed by atoms with E-state index < -0.39 is 0 Å². The molecule has 2 aromatic rings. The maximum absolute atomic E-state index is 12.3. The van der Waals surface area contributed by atoms with Crippen molar-refractivity contribution in [3.05, 3.63) is 46.5 Å². The molecule has 2 rings (SSSR count). The van der Waals surface area contributed by atoms with Crippen molar-refractivity contribution in [1.29, 1.82) is 0 Å². The molecule has 1 atom stereocenters. The monoisotopic (exact) mass is 348 g/mol. The van der Waals surface area contributed by atoms with Crippen LogP contribution in [0.3, 0.4) is 0 Å². The van der Waals surface area contributed by atoms with E-state index in [0.717, 1.165) is 5.56 Å². The third-order valence-electron chi connectivity index (χ3n) is 3.46. The van der Waals surface area contributed by atoms with Crippen LogP contribution < -0.4 is 10.1 Å². The largest absolute Gasteiger partial charge is 0.496 e. The van der Waals surface area contributed by atoms with Crippen LogP contribution in [0.15, 0.2) is 24.3 Å². The molecule has 0 aliphatic heterocycles. The predicted octanol–water partition coefficient (Wildman–Crippen LogP) is 3.30. The number of nitrogens with zero attached hydrogens (tertiary/aromatic N) is 2. The standard InChI is InChI=1S/C17H21ClN4O2/c1-10(2)16(17-19-11(3)21-22-17)20-15(23)8-5-12-9-13(18)6-7-14(12)24-4/h5-10,16H,1-4H3,(H,20,23)(H,19,21,22). The Bertz CT molecular complexity index is 740. The molecule has 2 N–H and O–H groups in total. The number of aromatic amines is 1. The van der Waals surface area contributed by atoms with Crippen molar-refractivity contribution in [3.63, 3.8) is 0 Å². The number of nitrogens with one attached hydrogen (secondary N) is 2. The quantitative estimate of drug-likeness (QED) is 0.785. The Kier molecular flexibility index (Phi) is 5.98. The summed E-state index contributed by atoms with van der Waals surface area (Å²) in [6.07, 6.45) is 3.11. The van der Waals surface area contributed by atoms with Gasteiger partial charge in [-0.25, -0.2) is 4.98 Å². The average molecular weight is 349 g/mol. The SMILES string of the molecule is COc1ccc(Cl)cc1C=CC(=O)NC(c1n[nH]c(C)n1)C(C)C. The van der Waals surface area contributed by atoms with Gasteiger partial charge in [0.15, 0.2) is 5.82 Å². The lowest BCUT2D eigenvalue weighted by molar-refractivity contribution is -0.117. The summed E-state index contributed by atoms with van der Waals surface area (Å²) in [4.78, 5) is 16.6. The molecule has 0 saturated carbocycles. The van der Waals surface area contributed by atoms with Crippen LogP contribution in [0.5, 0.6) is 5.75 Å². The van der Waals surface area contributed by atoms with Gasteiger partial charge in [-0.2, -0.15) is 5.10 Å². The maximum atomic E-state index is 12.3. The fraction of sp³-hybridized carbons (Fsp3) is 0.353. The minimum Gasteiger partial charge on any atom is -0.496 e. The number of amides is 1. The summed E-state index contributed by atoms with van der Waals surface area (Å²) in [5.41, 5.74) is 0.731. The highest BCUT2D eigenvalue weighted by molar-refractivity contribution is 6.30. The van der Waals surface area contributed by atoms with Crippen molar-refractivity contribution in [2.75, 3.05) is 7.11 Å². The van der Waals surface area contributed by atoms with Crippen LogP contribution in [0.25, 0.3) is 6.08 Å². The molecule has 24 heavy (non-hydrogen) atoms. The molecular formula is C17H21ClN4O2. The van der Waals surface area contributed by atoms with E-state index in [4.69, 9.17) is 16.3 Å². The lowest BCUT2D eigenvalue weighted by Crippen LogP contribution is -2.31. The summed E-state index contributed by atoms with van der Waals surface area (Å²) < 4.78 is 5.26. The van der Waals surface area contributed by atoms with Crippen molar-refractivity contribution in [3.8, 4) is 5.75 Å². The number of carbonyl (C=O) groups excluding carboxylic acids is 1. The number of aromatic nitrogens is 3. The van der Waals surface area contributed by atoms with Crippen LogP contribution in [0.2, 0.25) is 5.02 Å². The van der Waals surface area contributed by atoms with Crippen LogP contribution in [0.4, 0.5) is 0 Å². The van der Waals surface area contributed by atoms with Crippen molar-refractivity contribution < 1.29 is 9.53 Å². The summed E-state index contributed by atoms with van der Waals surface area (Å²) in [5, 5.41) is 10.4. The summed E-state index contributed by atoms with van der Waals surface area (Å²) in [7, 11) is 1.57.